The summed E-state index contributed by atoms with van der Waals surface area (Å²) < 4.78 is 22.0. The van der Waals surface area contributed by atoms with Crippen molar-refractivity contribution in [3.8, 4) is 23.0 Å². The first-order valence-electron chi connectivity index (χ1n) is 8.87. The molecular weight excluding hydrogens is 358 g/mol. The first-order chi connectivity index (χ1) is 13.5. The average molecular weight is 379 g/mol. The molecule has 0 bridgehead atoms. The summed E-state index contributed by atoms with van der Waals surface area (Å²) in [6.45, 7) is 2.05. The molecule has 144 valence electrons. The Morgan fingerprint density at radius 1 is 1.00 bits per heavy atom. The van der Waals surface area contributed by atoms with Crippen molar-refractivity contribution < 1.29 is 23.7 Å². The number of hydrogen-bond donors (Lipinski definition) is 0. The summed E-state index contributed by atoms with van der Waals surface area (Å²) in [7, 11) is 4.84. The maximum absolute atomic E-state index is 11.2. The first kappa shape index (κ1) is 18.0. The quantitative estimate of drug-likeness (QED) is 0.593. The summed E-state index contributed by atoms with van der Waals surface area (Å²) in [6, 6.07) is 7.62. The molecule has 6 nitrogen and oxygen atoms in total. The lowest BCUT2D eigenvalue weighted by Gasteiger charge is -2.34. The summed E-state index contributed by atoms with van der Waals surface area (Å²) in [4.78, 5) is 13.4. The maximum atomic E-state index is 11.2. The van der Waals surface area contributed by atoms with Gasteiger partial charge < -0.3 is 23.8 Å². The highest BCUT2D eigenvalue weighted by Gasteiger charge is 2.29. The van der Waals surface area contributed by atoms with Crippen molar-refractivity contribution in [3.05, 3.63) is 52.7 Å². The van der Waals surface area contributed by atoms with Crippen LogP contribution in [0.4, 0.5) is 0 Å². The standard InChI is InChI=1S/C22H21NO5/c1-13(24)28-17-6-5-14-10-18-20-15(7-8-23(18)12-16(14)9-17)11-19(25-2)21(26-3)22(20)27-4/h5-11H,12H2,1-4H3. The molecule has 0 N–H and O–H groups in total. The molecule has 0 aromatic heterocycles. The zero-order valence-corrected chi connectivity index (χ0v) is 16.2. The molecule has 0 radical (unpaired) electrons. The zero-order chi connectivity index (χ0) is 19.8. The molecule has 0 unspecified atom stereocenters. The Morgan fingerprint density at radius 2 is 1.79 bits per heavy atom. The van der Waals surface area contributed by atoms with Crippen LogP contribution in [0, 0.1) is 0 Å². The molecule has 0 saturated heterocycles. The van der Waals surface area contributed by atoms with Gasteiger partial charge in [-0.2, -0.15) is 0 Å². The van der Waals surface area contributed by atoms with E-state index >= 15 is 0 Å². The summed E-state index contributed by atoms with van der Waals surface area (Å²) in [5.41, 5.74) is 5.12. The molecule has 0 fully saturated rings. The number of methoxy groups -OCH3 is 3. The van der Waals surface area contributed by atoms with Crippen LogP contribution in [0.1, 0.15) is 29.2 Å². The van der Waals surface area contributed by atoms with Crippen LogP contribution >= 0.6 is 0 Å². The van der Waals surface area contributed by atoms with Crippen LogP contribution in [0.15, 0.2) is 30.5 Å². The van der Waals surface area contributed by atoms with Gasteiger partial charge in [-0.15, -0.1) is 0 Å². The number of ether oxygens (including phenoxy) is 4. The molecule has 0 atom stereocenters. The minimum Gasteiger partial charge on any atom is -0.493 e. The number of carbonyl (C=O) groups is 1. The normalized spacial score (nSPS) is 13.7. The molecule has 2 aromatic carbocycles. The van der Waals surface area contributed by atoms with Crippen molar-refractivity contribution >= 4 is 23.8 Å². The number of hydrogen-bond acceptors (Lipinski definition) is 6. The summed E-state index contributed by atoms with van der Waals surface area (Å²) in [5.74, 6) is 2.05. The van der Waals surface area contributed by atoms with Crippen LogP contribution in [0.5, 0.6) is 23.0 Å². The van der Waals surface area contributed by atoms with Gasteiger partial charge in [0.05, 0.1) is 32.6 Å². The number of carbonyl (C=O) groups excluding carboxylic acids is 1. The predicted octanol–water partition coefficient (Wildman–Crippen LogP) is 3.94. The Balaban J connectivity index is 1.86. The van der Waals surface area contributed by atoms with Gasteiger partial charge in [0.15, 0.2) is 11.5 Å². The van der Waals surface area contributed by atoms with Crippen molar-refractivity contribution in [2.45, 2.75) is 13.5 Å². The van der Waals surface area contributed by atoms with Crippen molar-refractivity contribution in [3.63, 3.8) is 0 Å². The predicted molar refractivity (Wildman–Crippen MR) is 106 cm³/mol. The third kappa shape index (κ3) is 2.87. The van der Waals surface area contributed by atoms with Gasteiger partial charge >= 0.3 is 5.97 Å². The van der Waals surface area contributed by atoms with E-state index in [1.54, 1.807) is 27.4 Å². The van der Waals surface area contributed by atoms with E-state index in [-0.39, 0.29) is 5.97 Å². The fourth-order valence-corrected chi connectivity index (χ4v) is 3.68. The third-order valence-corrected chi connectivity index (χ3v) is 4.87. The van der Waals surface area contributed by atoms with Gasteiger partial charge in [-0.1, -0.05) is 6.07 Å². The van der Waals surface area contributed by atoms with E-state index in [0.29, 0.717) is 29.5 Å². The Bertz CT molecular complexity index is 1020. The van der Waals surface area contributed by atoms with E-state index < -0.39 is 0 Å². The van der Waals surface area contributed by atoms with Crippen molar-refractivity contribution in [2.24, 2.45) is 0 Å². The van der Waals surface area contributed by atoms with Crippen molar-refractivity contribution in [1.29, 1.82) is 0 Å². The number of esters is 1. The molecular formula is C22H21NO5. The second kappa shape index (κ2) is 6.96. The van der Waals surface area contributed by atoms with Gasteiger partial charge in [-0.25, -0.2) is 0 Å². The van der Waals surface area contributed by atoms with Crippen LogP contribution < -0.4 is 18.9 Å². The highest BCUT2D eigenvalue weighted by atomic mass is 16.5. The van der Waals surface area contributed by atoms with E-state index in [1.165, 1.54) is 6.92 Å². The van der Waals surface area contributed by atoms with E-state index in [4.69, 9.17) is 18.9 Å². The average Bonchev–Trinajstić information content (AvgIpc) is 2.69. The Hall–Kier alpha value is -3.41. The Morgan fingerprint density at radius 3 is 2.46 bits per heavy atom. The molecule has 0 aliphatic carbocycles. The molecule has 28 heavy (non-hydrogen) atoms. The van der Waals surface area contributed by atoms with Gasteiger partial charge in [0.25, 0.3) is 0 Å². The van der Waals surface area contributed by atoms with Crippen LogP contribution in [0.2, 0.25) is 0 Å². The summed E-state index contributed by atoms with van der Waals surface area (Å²) >= 11 is 0. The lowest BCUT2D eigenvalue weighted by Crippen LogP contribution is -2.23. The number of fused-ring (bicyclic) bond motifs is 4. The van der Waals surface area contributed by atoms with Crippen molar-refractivity contribution in [1.82, 2.24) is 4.90 Å². The molecule has 2 aliphatic rings. The smallest absolute Gasteiger partial charge is 0.308 e. The molecule has 0 saturated carbocycles. The van der Waals surface area contributed by atoms with Gasteiger partial charge in [-0.05, 0) is 47.0 Å². The minimum absolute atomic E-state index is 0.329. The van der Waals surface area contributed by atoms with Gasteiger partial charge in [0.2, 0.25) is 5.75 Å². The van der Waals surface area contributed by atoms with E-state index in [1.807, 2.05) is 30.5 Å². The second-order valence-electron chi connectivity index (χ2n) is 6.54. The molecule has 2 heterocycles. The molecule has 0 spiro atoms. The fourth-order valence-electron chi connectivity index (χ4n) is 3.68. The van der Waals surface area contributed by atoms with Gasteiger partial charge in [0.1, 0.15) is 5.75 Å². The fraction of sp³-hybridized carbons (Fsp3) is 0.227. The van der Waals surface area contributed by atoms with Crippen LogP contribution in [-0.2, 0) is 11.3 Å². The van der Waals surface area contributed by atoms with Crippen molar-refractivity contribution in [2.75, 3.05) is 21.3 Å². The van der Waals surface area contributed by atoms with E-state index in [2.05, 4.69) is 11.0 Å². The number of nitrogens with zero attached hydrogens (tertiary/aromatic N) is 1. The maximum Gasteiger partial charge on any atom is 0.308 e. The first-order valence-corrected chi connectivity index (χ1v) is 8.87. The summed E-state index contributed by atoms with van der Waals surface area (Å²) in [5, 5.41) is 0. The van der Waals surface area contributed by atoms with Crippen LogP contribution in [0.3, 0.4) is 0 Å². The van der Waals surface area contributed by atoms with E-state index in [0.717, 1.165) is 28.0 Å². The van der Waals surface area contributed by atoms with E-state index in [9.17, 15) is 4.79 Å². The third-order valence-electron chi connectivity index (χ3n) is 4.87. The Labute approximate surface area is 163 Å². The van der Waals surface area contributed by atoms with Gasteiger partial charge in [-0.3, -0.25) is 4.79 Å². The minimum atomic E-state index is -0.329. The topological polar surface area (TPSA) is 57.2 Å². The van der Waals surface area contributed by atoms with Crippen LogP contribution in [0.25, 0.3) is 17.8 Å². The van der Waals surface area contributed by atoms with Crippen LogP contribution in [-0.4, -0.2) is 32.2 Å². The number of benzene rings is 2. The Kier molecular flexibility index (Phi) is 4.47. The van der Waals surface area contributed by atoms with Gasteiger partial charge in [0, 0.05) is 19.7 Å². The SMILES string of the molecule is COc1cc2c(c(OC)c1OC)C1=Cc3ccc(OC(C)=O)cc3CN1C=C2. The zero-order valence-electron chi connectivity index (χ0n) is 16.2. The highest BCUT2D eigenvalue weighted by Crippen LogP contribution is 2.49. The molecule has 6 heteroatoms. The second-order valence-corrected chi connectivity index (χ2v) is 6.54. The number of rotatable bonds is 4. The molecule has 2 aromatic rings. The summed E-state index contributed by atoms with van der Waals surface area (Å²) in [6.07, 6.45) is 6.16. The lowest BCUT2D eigenvalue weighted by atomic mass is 9.92. The monoisotopic (exact) mass is 379 g/mol. The highest BCUT2D eigenvalue weighted by molar-refractivity contribution is 5.93. The molecule has 2 aliphatic heterocycles. The largest absolute Gasteiger partial charge is 0.493 e. The lowest BCUT2D eigenvalue weighted by molar-refractivity contribution is -0.131. The molecule has 4 rings (SSSR count). The molecule has 0 amide bonds.